The smallest absolute Gasteiger partial charge is 0.270 e. The van der Waals surface area contributed by atoms with Crippen LogP contribution in [0, 0.1) is 0 Å². The Kier molecular flexibility index (Phi) is 11.5. The summed E-state index contributed by atoms with van der Waals surface area (Å²) >= 11 is 3.65. The number of anilines is 1. The number of hydrogen-bond acceptors (Lipinski definition) is 6. The Labute approximate surface area is 274 Å². The number of rotatable bonds is 10. The lowest BCUT2D eigenvalue weighted by molar-refractivity contribution is -0.0646. The van der Waals surface area contributed by atoms with Gasteiger partial charge in [-0.05, 0) is 71.9 Å². The molecule has 230 valence electrons. The number of hydrogen-bond donors (Lipinski definition) is 1. The minimum absolute atomic E-state index is 0.137. The second kappa shape index (κ2) is 16.1. The van der Waals surface area contributed by atoms with E-state index in [1.165, 1.54) is 37.4 Å². The molecule has 0 fully saturated rings. The normalized spacial score (nSPS) is 16.4. The fourth-order valence-corrected chi connectivity index (χ4v) is 7.32. The van der Waals surface area contributed by atoms with Gasteiger partial charge in [0.2, 0.25) is 6.61 Å². The summed E-state index contributed by atoms with van der Waals surface area (Å²) < 4.78 is 14.3. The van der Waals surface area contributed by atoms with E-state index in [0.717, 1.165) is 31.8 Å². The zero-order valence-corrected chi connectivity index (χ0v) is 27.3. The van der Waals surface area contributed by atoms with Crippen LogP contribution < -0.4 is 14.4 Å². The van der Waals surface area contributed by atoms with Gasteiger partial charge >= 0.3 is 0 Å². The largest absolute Gasteiger partial charge is 0.555 e. The van der Waals surface area contributed by atoms with Gasteiger partial charge in [0.1, 0.15) is 16.4 Å². The Morgan fingerprint density at radius 1 is 0.733 bits per heavy atom. The van der Waals surface area contributed by atoms with Crippen LogP contribution in [0.4, 0.5) is 5.69 Å². The van der Waals surface area contributed by atoms with E-state index in [4.69, 9.17) is 14.6 Å². The standard InChI is InChI=1S/C37H34NO3S2.CH4O/c1-39-30-16-12-14-28(24-30)26-38-32-18-8-10-20-34(32)42-36(38)22-6-4-3-5-7-23-37-41(33-19-9-11-21-35(33)43-37)27-29-15-13-17-31(25-29)40-2;1-2/h3-25,37H,26-27H2,1-2H3;2H,1H3/q+1;/b5-3+,6-4+,23-7+,36-22+;. The van der Waals surface area contributed by atoms with E-state index in [1.807, 2.05) is 36.0 Å². The van der Waals surface area contributed by atoms with Crippen molar-refractivity contribution in [2.75, 3.05) is 26.2 Å². The van der Waals surface area contributed by atoms with Crippen molar-refractivity contribution < 1.29 is 18.9 Å². The van der Waals surface area contributed by atoms with Gasteiger partial charge in [-0.15, -0.1) is 0 Å². The van der Waals surface area contributed by atoms with Gasteiger partial charge in [0, 0.05) is 36.3 Å². The molecule has 1 atom stereocenters. The first kappa shape index (κ1) is 32.1. The predicted octanol–water partition coefficient (Wildman–Crippen LogP) is 9.53. The van der Waals surface area contributed by atoms with Crippen LogP contribution in [-0.4, -0.2) is 31.9 Å². The summed E-state index contributed by atoms with van der Waals surface area (Å²) in [6.07, 6.45) is 14.9. The van der Waals surface area contributed by atoms with Gasteiger partial charge in [0.05, 0.1) is 24.9 Å². The maximum Gasteiger partial charge on any atom is 0.270 e. The molecular formula is C38H38NO4S2+. The number of para-hydroxylation sites is 2. The number of ether oxygens (including phenoxy) is 2. The fourth-order valence-electron chi connectivity index (χ4n) is 5.09. The van der Waals surface area contributed by atoms with E-state index in [1.54, 1.807) is 26.0 Å². The molecule has 2 aliphatic heterocycles. The van der Waals surface area contributed by atoms with Crippen LogP contribution in [0.2, 0.25) is 0 Å². The molecule has 2 heterocycles. The van der Waals surface area contributed by atoms with Crippen LogP contribution in [0.5, 0.6) is 17.2 Å². The van der Waals surface area contributed by atoms with Crippen molar-refractivity contribution in [2.45, 2.75) is 28.4 Å². The molecule has 6 rings (SSSR count). The van der Waals surface area contributed by atoms with E-state index in [9.17, 15) is 0 Å². The van der Waals surface area contributed by atoms with Gasteiger partial charge < -0.3 is 23.8 Å². The highest BCUT2D eigenvalue weighted by Crippen LogP contribution is 2.51. The van der Waals surface area contributed by atoms with Gasteiger partial charge in [0.15, 0.2) is 0 Å². The molecular weight excluding hydrogens is 599 g/mol. The van der Waals surface area contributed by atoms with Crippen LogP contribution in [0.25, 0.3) is 0 Å². The maximum absolute atomic E-state index is 7.00. The van der Waals surface area contributed by atoms with E-state index >= 15 is 0 Å². The minimum Gasteiger partial charge on any atom is -0.555 e. The van der Waals surface area contributed by atoms with Gasteiger partial charge in [-0.1, -0.05) is 84.6 Å². The SMILES string of the molecule is CO.COc1cccc(CN2\C(=C/C=C/C=C/C=C/C3Sc4ccccc4[O+]3Cc3cccc(OC)c3)Sc3ccccc32)c1. The number of allylic oxidation sites excluding steroid dienone is 6. The Hall–Kier alpha value is -4.30. The van der Waals surface area contributed by atoms with E-state index < -0.39 is 0 Å². The van der Waals surface area contributed by atoms with Crippen molar-refractivity contribution in [2.24, 2.45) is 0 Å². The second-order valence-corrected chi connectivity index (χ2v) is 12.2. The van der Waals surface area contributed by atoms with Crippen LogP contribution >= 0.6 is 23.5 Å². The molecule has 5 nitrogen and oxygen atoms in total. The summed E-state index contributed by atoms with van der Waals surface area (Å²) in [4.78, 5) is 4.91. The topological polar surface area (TPSA) is 44.6 Å². The highest BCUT2D eigenvalue weighted by atomic mass is 32.2. The molecule has 4 aromatic carbocycles. The van der Waals surface area contributed by atoms with Crippen molar-refractivity contribution >= 4 is 29.2 Å². The molecule has 2 aliphatic rings. The maximum atomic E-state index is 7.00. The van der Waals surface area contributed by atoms with Crippen molar-refractivity contribution in [1.29, 1.82) is 0 Å². The Morgan fingerprint density at radius 3 is 2.16 bits per heavy atom. The Bertz CT molecular complexity index is 1700. The third-order valence-corrected chi connectivity index (χ3v) is 9.52. The Balaban J connectivity index is 0.00000196. The van der Waals surface area contributed by atoms with Crippen LogP contribution in [-0.2, 0) is 17.5 Å². The highest BCUT2D eigenvalue weighted by Gasteiger charge is 2.34. The van der Waals surface area contributed by atoms with E-state index in [-0.39, 0.29) is 5.44 Å². The first-order valence-electron chi connectivity index (χ1n) is 14.6. The van der Waals surface area contributed by atoms with Crippen LogP contribution in [0.1, 0.15) is 11.1 Å². The number of benzene rings is 4. The first-order valence-corrected chi connectivity index (χ1v) is 16.3. The number of thioether (sulfide) groups is 2. The minimum atomic E-state index is 0.137. The average molecular weight is 637 g/mol. The monoisotopic (exact) mass is 636 g/mol. The third kappa shape index (κ3) is 8.05. The quantitative estimate of drug-likeness (QED) is 0.138. The molecule has 0 saturated carbocycles. The number of nitrogens with zero attached hydrogens (tertiary/aromatic N) is 1. The van der Waals surface area contributed by atoms with Crippen molar-refractivity contribution in [3.63, 3.8) is 0 Å². The lowest BCUT2D eigenvalue weighted by atomic mass is 10.2. The first-order chi connectivity index (χ1) is 22.2. The molecule has 7 heteroatoms. The van der Waals surface area contributed by atoms with Crippen LogP contribution in [0.3, 0.4) is 0 Å². The summed E-state index contributed by atoms with van der Waals surface area (Å²) in [7, 11) is 4.42. The third-order valence-electron chi connectivity index (χ3n) is 7.17. The Morgan fingerprint density at radius 2 is 1.38 bits per heavy atom. The molecule has 0 aliphatic carbocycles. The second-order valence-electron chi connectivity index (χ2n) is 10.0. The van der Waals surface area contributed by atoms with Gasteiger partial charge in [-0.25, -0.2) is 0 Å². The summed E-state index contributed by atoms with van der Waals surface area (Å²) in [6.45, 7) is 1.52. The predicted molar refractivity (Wildman–Crippen MR) is 188 cm³/mol. The lowest BCUT2D eigenvalue weighted by Gasteiger charge is -2.24. The average Bonchev–Trinajstić information content (AvgIpc) is 3.62. The highest BCUT2D eigenvalue weighted by molar-refractivity contribution is 8.03. The number of fused-ring (bicyclic) bond motifs is 2. The molecule has 0 amide bonds. The molecule has 0 bridgehead atoms. The molecule has 1 N–H and O–H groups in total. The fraction of sp³-hybridized carbons (Fsp3) is 0.158. The number of methoxy groups -OCH3 is 2. The van der Waals surface area contributed by atoms with E-state index in [2.05, 4.69) is 125 Å². The van der Waals surface area contributed by atoms with E-state index in [0.29, 0.717) is 0 Å². The molecule has 4 aromatic rings. The van der Waals surface area contributed by atoms with Crippen molar-refractivity contribution in [3.8, 4) is 17.2 Å². The van der Waals surface area contributed by atoms with Gasteiger partial charge in [-0.3, -0.25) is 0 Å². The zero-order valence-electron chi connectivity index (χ0n) is 25.7. The van der Waals surface area contributed by atoms with Gasteiger partial charge in [0.25, 0.3) is 11.2 Å². The molecule has 1 unspecified atom stereocenters. The lowest BCUT2D eigenvalue weighted by Crippen LogP contribution is -2.16. The summed E-state index contributed by atoms with van der Waals surface area (Å²) in [5.74, 6) is 2.94. The number of aliphatic hydroxyl groups is 1. The molecule has 0 spiro atoms. The molecule has 0 saturated heterocycles. The molecule has 0 radical (unpaired) electrons. The zero-order chi connectivity index (χ0) is 31.4. The van der Waals surface area contributed by atoms with Crippen molar-refractivity contribution in [1.82, 2.24) is 0 Å². The summed E-state index contributed by atoms with van der Waals surface area (Å²) in [6, 6.07) is 33.6. The molecule has 0 aromatic heterocycles. The molecule has 45 heavy (non-hydrogen) atoms. The number of aliphatic hydroxyl groups excluding tert-OH is 1. The summed E-state index contributed by atoms with van der Waals surface area (Å²) in [5.41, 5.74) is 3.78. The van der Waals surface area contributed by atoms with Gasteiger partial charge in [-0.2, -0.15) is 0 Å². The van der Waals surface area contributed by atoms with Crippen LogP contribution in [0.15, 0.2) is 154 Å². The summed E-state index contributed by atoms with van der Waals surface area (Å²) in [5, 5.41) is 8.20. The van der Waals surface area contributed by atoms with Crippen molar-refractivity contribution in [3.05, 3.63) is 156 Å².